The zero-order chi connectivity index (χ0) is 14.5. The van der Waals surface area contributed by atoms with Crippen molar-refractivity contribution in [1.29, 1.82) is 0 Å². The van der Waals surface area contributed by atoms with E-state index in [4.69, 9.17) is 0 Å². The molecule has 2 rings (SSSR count). The average molecular weight is 295 g/mol. The Morgan fingerprint density at radius 2 is 2.15 bits per heavy atom. The van der Waals surface area contributed by atoms with Crippen LogP contribution in [0.2, 0.25) is 0 Å². The van der Waals surface area contributed by atoms with Crippen molar-refractivity contribution in [3.8, 4) is 5.69 Å². The van der Waals surface area contributed by atoms with Gasteiger partial charge in [0.1, 0.15) is 11.5 Å². The Morgan fingerprint density at radius 1 is 1.40 bits per heavy atom. The largest absolute Gasteiger partial charge is 0.350 e. The van der Waals surface area contributed by atoms with Gasteiger partial charge in [0, 0.05) is 35.5 Å². The lowest BCUT2D eigenvalue weighted by molar-refractivity contribution is 0.0950. The number of nitrogens with zero attached hydrogens (tertiary/aromatic N) is 2. The molecule has 7 heteroatoms. The van der Waals surface area contributed by atoms with Gasteiger partial charge in [-0.05, 0) is 18.2 Å². The van der Waals surface area contributed by atoms with Crippen LogP contribution in [0.25, 0.3) is 5.69 Å². The van der Waals surface area contributed by atoms with Gasteiger partial charge in [-0.25, -0.2) is 9.07 Å². The Morgan fingerprint density at radius 3 is 2.85 bits per heavy atom. The van der Waals surface area contributed by atoms with Crippen LogP contribution in [0.4, 0.5) is 4.39 Å². The maximum absolute atomic E-state index is 13.6. The summed E-state index contributed by atoms with van der Waals surface area (Å²) in [7, 11) is -0.956. The van der Waals surface area contributed by atoms with Gasteiger partial charge in [0.05, 0.1) is 0 Å². The lowest BCUT2D eigenvalue weighted by Gasteiger charge is -2.03. The highest BCUT2D eigenvalue weighted by Gasteiger charge is 2.11. The highest BCUT2D eigenvalue weighted by atomic mass is 32.2. The minimum Gasteiger partial charge on any atom is -0.350 e. The Kier molecular flexibility index (Phi) is 4.62. The first-order valence-electron chi connectivity index (χ1n) is 5.97. The van der Waals surface area contributed by atoms with E-state index in [0.717, 1.165) is 0 Å². The Labute approximate surface area is 118 Å². The van der Waals surface area contributed by atoms with Crippen LogP contribution < -0.4 is 5.32 Å². The number of benzene rings is 1. The molecule has 0 spiro atoms. The van der Waals surface area contributed by atoms with E-state index in [2.05, 4.69) is 10.4 Å². The fourth-order valence-electron chi connectivity index (χ4n) is 1.62. The summed E-state index contributed by atoms with van der Waals surface area (Å²) >= 11 is 0. The summed E-state index contributed by atoms with van der Waals surface area (Å²) in [6.45, 7) is 0.314. The quantitative estimate of drug-likeness (QED) is 0.899. The van der Waals surface area contributed by atoms with E-state index in [1.165, 1.54) is 23.0 Å². The van der Waals surface area contributed by atoms with Crippen molar-refractivity contribution in [1.82, 2.24) is 15.1 Å². The molecule has 0 aliphatic carbocycles. The molecule has 0 radical (unpaired) electrons. The second-order valence-corrected chi connectivity index (χ2v) is 5.68. The van der Waals surface area contributed by atoms with Gasteiger partial charge in [-0.3, -0.25) is 9.00 Å². The normalized spacial score (nSPS) is 12.1. The molecule has 1 heterocycles. The van der Waals surface area contributed by atoms with Gasteiger partial charge >= 0.3 is 0 Å². The summed E-state index contributed by atoms with van der Waals surface area (Å²) in [5.41, 5.74) is 0.469. The maximum Gasteiger partial charge on any atom is 0.271 e. The maximum atomic E-state index is 13.6. The lowest BCUT2D eigenvalue weighted by atomic mass is 10.3. The Bertz CT molecular complexity index is 642. The summed E-state index contributed by atoms with van der Waals surface area (Å²) < 4.78 is 25.8. The average Bonchev–Trinajstić information content (AvgIpc) is 2.88. The molecule has 1 aromatic heterocycles. The molecule has 0 aliphatic rings. The number of hydrogen-bond donors (Lipinski definition) is 1. The zero-order valence-corrected chi connectivity index (χ0v) is 11.7. The van der Waals surface area contributed by atoms with Gasteiger partial charge < -0.3 is 5.32 Å². The third kappa shape index (κ3) is 3.51. The molecule has 0 saturated carbocycles. The third-order valence-electron chi connectivity index (χ3n) is 2.60. The van der Waals surface area contributed by atoms with E-state index in [1.807, 2.05) is 0 Å². The predicted molar refractivity (Wildman–Crippen MR) is 74.8 cm³/mol. The molecule has 20 heavy (non-hydrogen) atoms. The van der Waals surface area contributed by atoms with Gasteiger partial charge in [-0.2, -0.15) is 5.10 Å². The minimum atomic E-state index is -0.956. The van der Waals surface area contributed by atoms with E-state index in [0.29, 0.717) is 12.3 Å². The van der Waals surface area contributed by atoms with Crippen molar-refractivity contribution in [3.63, 3.8) is 0 Å². The van der Waals surface area contributed by atoms with Crippen molar-refractivity contribution < 1.29 is 13.4 Å². The van der Waals surface area contributed by atoms with Crippen molar-refractivity contribution in [2.24, 2.45) is 0 Å². The van der Waals surface area contributed by atoms with Gasteiger partial charge in [0.2, 0.25) is 0 Å². The molecule has 1 N–H and O–H groups in total. The van der Waals surface area contributed by atoms with E-state index in [1.54, 1.807) is 24.5 Å². The van der Waals surface area contributed by atoms with Gasteiger partial charge in [-0.1, -0.05) is 12.1 Å². The van der Waals surface area contributed by atoms with Crippen LogP contribution in [0.3, 0.4) is 0 Å². The number of aromatic nitrogens is 2. The summed E-state index contributed by atoms with van der Waals surface area (Å²) in [6, 6.07) is 7.68. The highest BCUT2D eigenvalue weighted by Crippen LogP contribution is 2.11. The molecule has 0 aliphatic heterocycles. The predicted octanol–water partition coefficient (Wildman–Crippen LogP) is 1.12. The van der Waals surface area contributed by atoms with E-state index < -0.39 is 16.6 Å². The molecule has 0 unspecified atom stereocenters. The SMILES string of the molecule is C[S@](=O)CCNC(=O)c1ccn(-c2ccccc2F)n1. The second kappa shape index (κ2) is 6.42. The van der Waals surface area contributed by atoms with Gasteiger partial charge in [0.15, 0.2) is 5.69 Å². The molecule has 0 fully saturated rings. The van der Waals surface area contributed by atoms with Gasteiger partial charge in [-0.15, -0.1) is 0 Å². The summed E-state index contributed by atoms with van der Waals surface area (Å²) in [6.07, 6.45) is 3.09. The van der Waals surface area contributed by atoms with E-state index in [-0.39, 0.29) is 17.3 Å². The van der Waals surface area contributed by atoms with Crippen LogP contribution in [0.15, 0.2) is 36.5 Å². The smallest absolute Gasteiger partial charge is 0.271 e. The third-order valence-corrected chi connectivity index (χ3v) is 3.38. The number of carbonyl (C=O) groups is 1. The molecule has 5 nitrogen and oxygen atoms in total. The number of rotatable bonds is 5. The Hall–Kier alpha value is -2.02. The monoisotopic (exact) mass is 295 g/mol. The zero-order valence-electron chi connectivity index (χ0n) is 10.9. The number of hydrogen-bond acceptors (Lipinski definition) is 3. The first-order valence-corrected chi connectivity index (χ1v) is 7.69. The number of carbonyl (C=O) groups excluding carboxylic acids is 1. The number of amides is 1. The fourth-order valence-corrected chi connectivity index (χ4v) is 2.01. The highest BCUT2D eigenvalue weighted by molar-refractivity contribution is 7.84. The van der Waals surface area contributed by atoms with Crippen LogP contribution in [-0.2, 0) is 10.8 Å². The van der Waals surface area contributed by atoms with Crippen molar-refractivity contribution in [2.45, 2.75) is 0 Å². The van der Waals surface area contributed by atoms with E-state index >= 15 is 0 Å². The van der Waals surface area contributed by atoms with Crippen molar-refractivity contribution in [3.05, 3.63) is 48.0 Å². The van der Waals surface area contributed by atoms with Crippen LogP contribution >= 0.6 is 0 Å². The molecule has 2 aromatic rings. The first kappa shape index (κ1) is 14.4. The number of nitrogens with one attached hydrogen (secondary N) is 1. The molecule has 0 saturated heterocycles. The first-order chi connectivity index (χ1) is 9.58. The molecular weight excluding hydrogens is 281 g/mol. The standard InChI is InChI=1S/C13H14FN3O2S/c1-20(19)9-7-15-13(18)11-6-8-17(16-11)12-5-3-2-4-10(12)14/h2-6,8H,7,9H2,1H3,(H,15,18)/t20-/m0/s1. The summed E-state index contributed by atoms with van der Waals surface area (Å²) in [5.74, 6) is -0.394. The van der Waals surface area contributed by atoms with Crippen LogP contribution in [0, 0.1) is 5.82 Å². The molecule has 1 amide bonds. The second-order valence-electron chi connectivity index (χ2n) is 4.13. The molecular formula is C13H14FN3O2S. The molecule has 106 valence electrons. The number of para-hydroxylation sites is 1. The van der Waals surface area contributed by atoms with Gasteiger partial charge in [0.25, 0.3) is 5.91 Å². The number of halogens is 1. The van der Waals surface area contributed by atoms with Crippen LogP contribution in [0.1, 0.15) is 10.5 Å². The van der Waals surface area contributed by atoms with Crippen molar-refractivity contribution >= 4 is 16.7 Å². The van der Waals surface area contributed by atoms with E-state index in [9.17, 15) is 13.4 Å². The lowest BCUT2D eigenvalue weighted by Crippen LogP contribution is -2.28. The van der Waals surface area contributed by atoms with Crippen LogP contribution in [-0.4, -0.2) is 38.4 Å². The summed E-state index contributed by atoms with van der Waals surface area (Å²) in [4.78, 5) is 11.8. The molecule has 1 aromatic carbocycles. The van der Waals surface area contributed by atoms with Crippen molar-refractivity contribution in [2.75, 3.05) is 18.6 Å². The fraction of sp³-hybridized carbons (Fsp3) is 0.231. The Balaban J connectivity index is 2.07. The molecule has 0 bridgehead atoms. The van der Waals surface area contributed by atoms with Crippen LogP contribution in [0.5, 0.6) is 0 Å². The topological polar surface area (TPSA) is 64.0 Å². The minimum absolute atomic E-state index is 0.190. The summed E-state index contributed by atoms with van der Waals surface area (Å²) in [5, 5.41) is 6.64. The molecule has 1 atom stereocenters.